The molecule has 0 aromatic carbocycles. The molecule has 2 N–H and O–H groups in total. The van der Waals surface area contributed by atoms with Gasteiger partial charge in [0.15, 0.2) is 0 Å². The fraction of sp³-hybridized carbons (Fsp3) is 0.714. The van der Waals surface area contributed by atoms with Gasteiger partial charge in [0.1, 0.15) is 11.6 Å². The second kappa shape index (κ2) is 5.94. The molecule has 1 atom stereocenters. The van der Waals surface area contributed by atoms with E-state index in [-0.39, 0.29) is 18.9 Å². The van der Waals surface area contributed by atoms with Crippen LogP contribution in [0.2, 0.25) is 0 Å². The first-order valence-corrected chi connectivity index (χ1v) is 7.41. The van der Waals surface area contributed by atoms with E-state index in [9.17, 15) is 19.2 Å². The summed E-state index contributed by atoms with van der Waals surface area (Å²) in [4.78, 5) is 49.3. The van der Waals surface area contributed by atoms with E-state index in [1.807, 2.05) is 0 Å². The van der Waals surface area contributed by atoms with Crippen molar-refractivity contribution < 1.29 is 24.3 Å². The normalized spacial score (nSPS) is 21.1. The molecule has 0 aromatic heterocycles. The van der Waals surface area contributed by atoms with Crippen molar-refractivity contribution in [3.63, 3.8) is 0 Å². The molecule has 0 unspecified atom stereocenters. The predicted octanol–water partition coefficient (Wildman–Crippen LogP) is 0.173. The first kappa shape index (κ1) is 16.3. The van der Waals surface area contributed by atoms with Crippen LogP contribution in [0.4, 0.5) is 4.79 Å². The van der Waals surface area contributed by atoms with Crippen molar-refractivity contribution in [2.24, 2.45) is 0 Å². The molecule has 8 heteroatoms. The lowest BCUT2D eigenvalue weighted by Gasteiger charge is -2.23. The summed E-state index contributed by atoms with van der Waals surface area (Å²) in [6.45, 7) is 1.38. The Morgan fingerprint density at radius 1 is 1.36 bits per heavy atom. The third-order valence-corrected chi connectivity index (χ3v) is 4.58. The van der Waals surface area contributed by atoms with E-state index in [1.54, 1.807) is 0 Å². The summed E-state index contributed by atoms with van der Waals surface area (Å²) in [7, 11) is 1.39. The highest BCUT2D eigenvalue weighted by atomic mass is 16.4. The van der Waals surface area contributed by atoms with Gasteiger partial charge >= 0.3 is 12.0 Å². The maximum Gasteiger partial charge on any atom is 0.326 e. The van der Waals surface area contributed by atoms with Crippen LogP contribution in [0.15, 0.2) is 0 Å². The standard InChI is InChI=1S/C14H21N3O5/c1-9(11(19)20)16(2)10(18)5-8-17-12(21)14(15-13(17)22)6-3-4-7-14/h9H,3-8H2,1-2H3,(H,15,22)(H,19,20)/t9-/m0/s1. The van der Waals surface area contributed by atoms with Crippen molar-refractivity contribution in [3.05, 3.63) is 0 Å². The number of hydrogen-bond donors (Lipinski definition) is 2. The molecule has 1 saturated heterocycles. The van der Waals surface area contributed by atoms with Crippen molar-refractivity contribution in [1.82, 2.24) is 15.1 Å². The van der Waals surface area contributed by atoms with Crippen LogP contribution in [0.25, 0.3) is 0 Å². The van der Waals surface area contributed by atoms with Gasteiger partial charge in [-0.15, -0.1) is 0 Å². The quantitative estimate of drug-likeness (QED) is 0.704. The van der Waals surface area contributed by atoms with E-state index >= 15 is 0 Å². The van der Waals surface area contributed by atoms with E-state index in [2.05, 4.69) is 5.32 Å². The van der Waals surface area contributed by atoms with Crippen LogP contribution in [0, 0.1) is 0 Å². The van der Waals surface area contributed by atoms with Crippen molar-refractivity contribution in [3.8, 4) is 0 Å². The molecule has 8 nitrogen and oxygen atoms in total. The van der Waals surface area contributed by atoms with Crippen LogP contribution in [-0.2, 0) is 14.4 Å². The number of carbonyl (C=O) groups excluding carboxylic acids is 3. The second-order valence-electron chi connectivity index (χ2n) is 5.95. The van der Waals surface area contributed by atoms with Gasteiger partial charge in [0, 0.05) is 20.0 Å². The van der Waals surface area contributed by atoms with Crippen molar-refractivity contribution in [1.29, 1.82) is 0 Å². The number of hydrogen-bond acceptors (Lipinski definition) is 4. The summed E-state index contributed by atoms with van der Waals surface area (Å²) in [5, 5.41) is 11.6. The maximum absolute atomic E-state index is 12.4. The molecule has 1 heterocycles. The Hall–Kier alpha value is -2.12. The van der Waals surface area contributed by atoms with Gasteiger partial charge in [-0.05, 0) is 19.8 Å². The van der Waals surface area contributed by atoms with Crippen molar-refractivity contribution in [2.75, 3.05) is 13.6 Å². The maximum atomic E-state index is 12.4. The molecule has 1 aliphatic carbocycles. The van der Waals surface area contributed by atoms with Gasteiger partial charge < -0.3 is 15.3 Å². The zero-order valence-corrected chi connectivity index (χ0v) is 12.8. The Morgan fingerprint density at radius 2 is 1.95 bits per heavy atom. The van der Waals surface area contributed by atoms with E-state index in [1.165, 1.54) is 14.0 Å². The third kappa shape index (κ3) is 2.77. The van der Waals surface area contributed by atoms with Crippen LogP contribution in [0.1, 0.15) is 39.0 Å². The number of carboxylic acid groups (broad SMARTS) is 1. The molecule has 1 aliphatic heterocycles. The highest BCUT2D eigenvalue weighted by Crippen LogP contribution is 2.35. The van der Waals surface area contributed by atoms with Gasteiger partial charge in [0.2, 0.25) is 5.91 Å². The Labute approximate surface area is 128 Å². The lowest BCUT2D eigenvalue weighted by Crippen LogP contribution is -2.44. The molecule has 4 amide bonds. The molecule has 0 radical (unpaired) electrons. The summed E-state index contributed by atoms with van der Waals surface area (Å²) in [5.74, 6) is -1.78. The highest BCUT2D eigenvalue weighted by Gasteiger charge is 2.52. The molecule has 1 spiro atoms. The first-order chi connectivity index (χ1) is 10.3. The molecule has 122 valence electrons. The minimum atomic E-state index is -1.10. The summed E-state index contributed by atoms with van der Waals surface area (Å²) in [5.41, 5.74) is -0.777. The summed E-state index contributed by atoms with van der Waals surface area (Å²) >= 11 is 0. The third-order valence-electron chi connectivity index (χ3n) is 4.58. The van der Waals surface area contributed by atoms with Gasteiger partial charge in [-0.2, -0.15) is 0 Å². The van der Waals surface area contributed by atoms with Gasteiger partial charge in [-0.25, -0.2) is 9.59 Å². The number of urea groups is 1. The average molecular weight is 311 g/mol. The number of likely N-dealkylation sites (N-methyl/N-ethyl adjacent to an activating group) is 1. The van der Waals surface area contributed by atoms with E-state index < -0.39 is 29.5 Å². The Morgan fingerprint density at radius 3 is 2.50 bits per heavy atom. The molecule has 2 fully saturated rings. The van der Waals surface area contributed by atoms with Crippen LogP contribution in [-0.4, -0.2) is 63.9 Å². The molecule has 22 heavy (non-hydrogen) atoms. The number of carboxylic acids is 1. The Kier molecular flexibility index (Phi) is 4.39. The van der Waals surface area contributed by atoms with E-state index in [0.29, 0.717) is 12.8 Å². The minimum Gasteiger partial charge on any atom is -0.480 e. The van der Waals surface area contributed by atoms with E-state index in [4.69, 9.17) is 5.11 Å². The molecule has 2 rings (SSSR count). The van der Waals surface area contributed by atoms with Gasteiger partial charge in [-0.1, -0.05) is 12.8 Å². The molecule has 0 aromatic rings. The number of nitrogens with zero attached hydrogens (tertiary/aromatic N) is 2. The minimum absolute atomic E-state index is 0.0259. The fourth-order valence-electron chi connectivity index (χ4n) is 2.96. The van der Waals surface area contributed by atoms with Gasteiger partial charge in [0.25, 0.3) is 5.91 Å². The molecule has 2 aliphatic rings. The van der Waals surface area contributed by atoms with Gasteiger partial charge in [0.05, 0.1) is 0 Å². The molecular formula is C14H21N3O5. The molecular weight excluding hydrogens is 290 g/mol. The zero-order valence-electron chi connectivity index (χ0n) is 12.8. The number of rotatable bonds is 5. The lowest BCUT2D eigenvalue weighted by molar-refractivity contribution is -0.148. The number of carbonyl (C=O) groups is 4. The fourth-order valence-corrected chi connectivity index (χ4v) is 2.96. The lowest BCUT2D eigenvalue weighted by atomic mass is 9.98. The smallest absolute Gasteiger partial charge is 0.326 e. The second-order valence-corrected chi connectivity index (χ2v) is 5.95. The molecule has 0 bridgehead atoms. The van der Waals surface area contributed by atoms with Crippen molar-refractivity contribution in [2.45, 2.75) is 50.6 Å². The van der Waals surface area contributed by atoms with Crippen LogP contribution >= 0.6 is 0 Å². The monoisotopic (exact) mass is 311 g/mol. The number of aliphatic carboxylic acids is 1. The largest absolute Gasteiger partial charge is 0.480 e. The predicted molar refractivity (Wildman–Crippen MR) is 75.9 cm³/mol. The SMILES string of the molecule is C[C@@H](C(=O)O)N(C)C(=O)CCN1C(=O)NC2(CCCC2)C1=O. The van der Waals surface area contributed by atoms with Crippen LogP contribution < -0.4 is 5.32 Å². The average Bonchev–Trinajstić information content (AvgIpc) is 3.02. The Balaban J connectivity index is 1.94. The zero-order chi connectivity index (χ0) is 16.5. The first-order valence-electron chi connectivity index (χ1n) is 7.41. The van der Waals surface area contributed by atoms with Gasteiger partial charge in [-0.3, -0.25) is 14.5 Å². The summed E-state index contributed by atoms with van der Waals surface area (Å²) in [6, 6.07) is -1.41. The molecule has 1 saturated carbocycles. The Bertz CT molecular complexity index is 513. The number of nitrogens with one attached hydrogen (secondary N) is 1. The number of amides is 4. The summed E-state index contributed by atoms with van der Waals surface area (Å²) < 4.78 is 0. The van der Waals surface area contributed by atoms with Crippen LogP contribution in [0.3, 0.4) is 0 Å². The van der Waals surface area contributed by atoms with Crippen molar-refractivity contribution >= 4 is 23.8 Å². The summed E-state index contributed by atoms with van der Waals surface area (Å²) in [6.07, 6.45) is 2.99. The topological polar surface area (TPSA) is 107 Å². The van der Waals surface area contributed by atoms with E-state index in [0.717, 1.165) is 22.6 Å². The van der Waals surface area contributed by atoms with Crippen LogP contribution in [0.5, 0.6) is 0 Å². The number of imide groups is 1. The highest BCUT2D eigenvalue weighted by molar-refractivity contribution is 6.07.